The first kappa shape index (κ1) is 43.9. The normalized spacial score (nSPS) is 22.5. The Labute approximate surface area is 362 Å². The molecule has 16 nitrogen and oxygen atoms in total. The zero-order chi connectivity index (χ0) is 44.3. The van der Waals surface area contributed by atoms with Gasteiger partial charge < -0.3 is 29.5 Å². The SMILES string of the molecule is FC(F)(F)C1CNCCO1.O=C(Nc1ccccn1)N1c2nc(Cl)ccc2N2CC[C@H]1C2.O=C(Nc1ccccn1)N1c2nc(N3CCOC(C(F)(F)F)C3)ccc2N2CC[C@H]1C2. The van der Waals surface area contributed by atoms with Crippen LogP contribution >= 0.6 is 11.6 Å². The van der Waals surface area contributed by atoms with Gasteiger partial charge in [-0.25, -0.2) is 29.5 Å². The molecule has 63 heavy (non-hydrogen) atoms. The quantitative estimate of drug-likeness (QED) is 0.159. The van der Waals surface area contributed by atoms with Crippen molar-refractivity contribution in [2.75, 3.05) is 101 Å². The lowest BCUT2D eigenvalue weighted by molar-refractivity contribution is -0.224. The number of carbonyl (C=O) groups is 2. The monoisotopic (exact) mass is 904 g/mol. The smallest absolute Gasteiger partial charge is 0.366 e. The summed E-state index contributed by atoms with van der Waals surface area (Å²) in [6.45, 7) is 3.69. The van der Waals surface area contributed by atoms with Crippen LogP contribution in [0.15, 0.2) is 73.1 Å². The molecule has 10 rings (SSSR count). The van der Waals surface area contributed by atoms with Crippen LogP contribution in [0.3, 0.4) is 0 Å². The topological polar surface area (TPSA) is 156 Å². The molecule has 4 fully saturated rings. The summed E-state index contributed by atoms with van der Waals surface area (Å²) < 4.78 is 84.1. The van der Waals surface area contributed by atoms with Crippen LogP contribution in [0.2, 0.25) is 5.15 Å². The van der Waals surface area contributed by atoms with Crippen molar-refractivity contribution in [2.24, 2.45) is 0 Å². The molecule has 0 spiro atoms. The summed E-state index contributed by atoms with van der Waals surface area (Å²) in [5, 5.41) is 8.61. The number of morpholine rings is 2. The average molecular weight is 905 g/mol. The van der Waals surface area contributed by atoms with E-state index in [9.17, 15) is 35.9 Å². The van der Waals surface area contributed by atoms with Gasteiger partial charge in [-0.15, -0.1) is 0 Å². The maximum Gasteiger partial charge on any atom is 0.416 e. The number of carbonyl (C=O) groups excluding carboxylic acids is 2. The molecule has 2 unspecified atom stereocenters. The second-order valence-electron chi connectivity index (χ2n) is 15.2. The minimum Gasteiger partial charge on any atom is -0.366 e. The molecular formula is C40H43ClF6N12O4. The van der Waals surface area contributed by atoms with E-state index in [0.717, 1.165) is 43.9 Å². The van der Waals surface area contributed by atoms with Crippen molar-refractivity contribution in [3.05, 3.63) is 78.2 Å². The van der Waals surface area contributed by atoms with Crippen molar-refractivity contribution < 1.29 is 45.4 Å². The predicted molar refractivity (Wildman–Crippen MR) is 223 cm³/mol. The van der Waals surface area contributed by atoms with E-state index >= 15 is 0 Å². The zero-order valence-corrected chi connectivity index (χ0v) is 34.3. The molecule has 0 saturated carbocycles. The van der Waals surface area contributed by atoms with E-state index in [1.807, 2.05) is 24.3 Å². The number of rotatable bonds is 3. The standard InChI is InChI=1S/C20H21F3N6O2.C15H14ClN5O.C5H8F3NO/c21-20(22,23)15-12-28(9-10-31-15)17-5-4-14-18(26-17)29(13-6-8-27(14)11-13)19(30)25-16-3-1-2-7-24-16;16-12-5-4-11-14(18-12)21(10-6-8-20(11)9-10)15(22)19-13-3-1-2-7-17-13;6-5(7,8)4-3-9-1-2-10-4/h1-5,7,13,15H,6,8-12H2,(H,24,25,30);1-5,7,10H,6,8-9H2,(H,17,19,22);4,9H,1-3H2/t13-,15?;10-;/m00./s1. The Morgan fingerprint density at radius 1 is 0.667 bits per heavy atom. The summed E-state index contributed by atoms with van der Waals surface area (Å²) in [4.78, 5) is 52.4. The Morgan fingerprint density at radius 2 is 1.22 bits per heavy atom. The first-order chi connectivity index (χ1) is 30.2. The van der Waals surface area contributed by atoms with Gasteiger partial charge in [0.15, 0.2) is 23.8 Å². The molecule has 4 amide bonds. The van der Waals surface area contributed by atoms with E-state index < -0.39 is 24.6 Å². The van der Waals surface area contributed by atoms with Crippen LogP contribution in [0.1, 0.15) is 12.8 Å². The fourth-order valence-electron chi connectivity index (χ4n) is 8.13. The number of urea groups is 2. The molecule has 4 aromatic rings. The molecule has 4 aromatic heterocycles. The van der Waals surface area contributed by atoms with Crippen LogP contribution in [0, 0.1) is 0 Å². The molecule has 4 saturated heterocycles. The number of anilines is 7. The highest BCUT2D eigenvalue weighted by Crippen LogP contribution is 2.42. The Morgan fingerprint density at radius 3 is 1.73 bits per heavy atom. The number of nitrogens with one attached hydrogen (secondary N) is 3. The highest BCUT2D eigenvalue weighted by molar-refractivity contribution is 6.29. The molecule has 0 radical (unpaired) electrons. The van der Waals surface area contributed by atoms with Gasteiger partial charge in [-0.3, -0.25) is 20.4 Å². The fourth-order valence-corrected chi connectivity index (χ4v) is 8.27. The number of amides is 4. The van der Waals surface area contributed by atoms with Gasteiger partial charge in [0.2, 0.25) is 0 Å². The fraction of sp³-hybridized carbons (Fsp3) is 0.450. The Hall–Kier alpha value is -5.71. The number of halogens is 7. The molecule has 4 atom stereocenters. The number of pyridine rings is 4. The number of nitrogens with zero attached hydrogens (tertiary/aromatic N) is 9. The Kier molecular flexibility index (Phi) is 12.9. The van der Waals surface area contributed by atoms with Crippen molar-refractivity contribution in [1.82, 2.24) is 25.3 Å². The van der Waals surface area contributed by atoms with E-state index in [1.165, 1.54) is 0 Å². The van der Waals surface area contributed by atoms with Gasteiger partial charge in [-0.2, -0.15) is 26.3 Å². The minimum atomic E-state index is -4.44. The molecule has 0 aliphatic carbocycles. The summed E-state index contributed by atoms with van der Waals surface area (Å²) in [5.74, 6) is 2.42. The van der Waals surface area contributed by atoms with E-state index in [1.54, 1.807) is 63.5 Å². The first-order valence-electron chi connectivity index (χ1n) is 20.2. The average Bonchev–Trinajstić information content (AvgIpc) is 3.90. The van der Waals surface area contributed by atoms with Crippen LogP contribution in [0.25, 0.3) is 0 Å². The number of ether oxygens (including phenoxy) is 2. The first-order valence-corrected chi connectivity index (χ1v) is 20.6. The molecule has 3 N–H and O–H groups in total. The summed E-state index contributed by atoms with van der Waals surface area (Å²) in [5.41, 5.74) is 1.75. The van der Waals surface area contributed by atoms with Gasteiger partial charge in [0.1, 0.15) is 22.6 Å². The van der Waals surface area contributed by atoms with E-state index in [2.05, 4.69) is 50.4 Å². The van der Waals surface area contributed by atoms with Crippen LogP contribution in [-0.2, 0) is 9.47 Å². The third-order valence-corrected chi connectivity index (χ3v) is 11.4. The lowest BCUT2D eigenvalue weighted by Gasteiger charge is -2.38. The van der Waals surface area contributed by atoms with Crippen molar-refractivity contribution in [3.8, 4) is 0 Å². The lowest BCUT2D eigenvalue weighted by atomic mass is 10.2. The maximum absolute atomic E-state index is 13.1. The largest absolute Gasteiger partial charge is 0.416 e. The molecule has 10 heterocycles. The van der Waals surface area contributed by atoms with Crippen molar-refractivity contribution in [2.45, 2.75) is 49.5 Å². The number of fused-ring (bicyclic) bond motifs is 8. The molecule has 4 bridgehead atoms. The van der Waals surface area contributed by atoms with Gasteiger partial charge in [0.25, 0.3) is 0 Å². The Bertz CT molecular complexity index is 2230. The molecular weight excluding hydrogens is 862 g/mol. The minimum absolute atomic E-state index is 0.0401. The van der Waals surface area contributed by atoms with Crippen LogP contribution in [0.5, 0.6) is 0 Å². The summed E-state index contributed by atoms with van der Waals surface area (Å²) in [6.07, 6.45) is -7.18. The number of hydrogen-bond donors (Lipinski definition) is 3. The van der Waals surface area contributed by atoms with E-state index in [0.29, 0.717) is 53.9 Å². The van der Waals surface area contributed by atoms with Gasteiger partial charge in [0, 0.05) is 58.2 Å². The molecule has 0 aromatic carbocycles. The van der Waals surface area contributed by atoms with Crippen LogP contribution < -0.4 is 40.4 Å². The van der Waals surface area contributed by atoms with E-state index in [4.69, 9.17) is 16.3 Å². The summed E-state index contributed by atoms with van der Waals surface area (Å²) in [6, 6.07) is 17.3. The molecule has 6 aliphatic rings. The number of aromatic nitrogens is 4. The number of hydrogen-bond acceptors (Lipinski definition) is 12. The number of alkyl halides is 6. The summed E-state index contributed by atoms with van der Waals surface area (Å²) >= 11 is 6.02. The van der Waals surface area contributed by atoms with Crippen molar-refractivity contribution in [1.29, 1.82) is 0 Å². The third kappa shape index (κ3) is 10.1. The van der Waals surface area contributed by atoms with Gasteiger partial charge in [0.05, 0.1) is 43.2 Å². The second kappa shape index (κ2) is 18.6. The zero-order valence-electron chi connectivity index (χ0n) is 33.5. The van der Waals surface area contributed by atoms with Crippen molar-refractivity contribution in [3.63, 3.8) is 0 Å². The highest BCUT2D eigenvalue weighted by Gasteiger charge is 2.45. The Balaban J connectivity index is 0.000000147. The maximum atomic E-state index is 13.1. The molecule has 23 heteroatoms. The third-order valence-electron chi connectivity index (χ3n) is 11.1. The second-order valence-corrected chi connectivity index (χ2v) is 15.6. The van der Waals surface area contributed by atoms with Crippen molar-refractivity contribution >= 4 is 64.1 Å². The van der Waals surface area contributed by atoms with Crippen LogP contribution in [-0.4, -0.2) is 134 Å². The van der Waals surface area contributed by atoms with Gasteiger partial charge >= 0.3 is 24.4 Å². The highest BCUT2D eigenvalue weighted by atomic mass is 35.5. The molecule has 6 aliphatic heterocycles. The van der Waals surface area contributed by atoms with Gasteiger partial charge in [-0.05, 0) is 61.4 Å². The lowest BCUT2D eigenvalue weighted by Crippen LogP contribution is -2.50. The summed E-state index contributed by atoms with van der Waals surface area (Å²) in [7, 11) is 0. The molecule has 336 valence electrons. The van der Waals surface area contributed by atoms with E-state index in [-0.39, 0.29) is 50.4 Å². The van der Waals surface area contributed by atoms with Gasteiger partial charge in [-0.1, -0.05) is 23.7 Å². The predicted octanol–water partition coefficient (Wildman–Crippen LogP) is 6.17. The van der Waals surface area contributed by atoms with Crippen LogP contribution in [0.4, 0.5) is 76.4 Å².